The van der Waals surface area contributed by atoms with E-state index in [9.17, 15) is 14.9 Å². The summed E-state index contributed by atoms with van der Waals surface area (Å²) in [4.78, 5) is 24.8. The average Bonchev–Trinajstić information content (AvgIpc) is 2.76. The highest BCUT2D eigenvalue weighted by Gasteiger charge is 2.20. The molecule has 1 aromatic carbocycles. The minimum Gasteiger partial charge on any atom is -0.349 e. The molecule has 1 aliphatic heterocycles. The molecule has 1 aromatic rings. The Labute approximate surface area is 134 Å². The van der Waals surface area contributed by atoms with Crippen molar-refractivity contribution in [1.29, 1.82) is 0 Å². The van der Waals surface area contributed by atoms with E-state index in [1.807, 2.05) is 4.90 Å². The lowest BCUT2D eigenvalue weighted by molar-refractivity contribution is -0.385. The van der Waals surface area contributed by atoms with Crippen LogP contribution in [0.1, 0.15) is 41.6 Å². The number of benzene rings is 1. The maximum absolute atomic E-state index is 12.3. The zero-order chi connectivity index (χ0) is 16.1. The standard InChI is InChI=1S/C15H19N3O3S/c1-11-12(7-6-8-13(11)18(20)21)14(19)16-15(22)17-9-4-2-3-5-10-17/h6-8H,2-5,9-10H2,1H3,(H,16,19,22). The van der Waals surface area contributed by atoms with Crippen molar-refractivity contribution >= 4 is 28.9 Å². The normalized spacial score (nSPS) is 15.0. The highest BCUT2D eigenvalue weighted by molar-refractivity contribution is 7.80. The predicted octanol–water partition coefficient (Wildman–Crippen LogP) is 2.79. The van der Waals surface area contributed by atoms with Crippen molar-refractivity contribution in [1.82, 2.24) is 10.2 Å². The monoisotopic (exact) mass is 321 g/mol. The molecule has 0 spiro atoms. The second kappa shape index (κ2) is 7.31. The molecule has 1 fully saturated rings. The summed E-state index contributed by atoms with van der Waals surface area (Å²) in [5, 5.41) is 14.0. The van der Waals surface area contributed by atoms with Gasteiger partial charge < -0.3 is 4.90 Å². The lowest BCUT2D eigenvalue weighted by Gasteiger charge is -2.23. The molecule has 0 aliphatic carbocycles. The van der Waals surface area contributed by atoms with E-state index in [4.69, 9.17) is 12.2 Å². The van der Waals surface area contributed by atoms with Crippen LogP contribution in [0.4, 0.5) is 5.69 Å². The third kappa shape index (κ3) is 3.79. The molecule has 0 aromatic heterocycles. The van der Waals surface area contributed by atoms with Gasteiger partial charge in [0.15, 0.2) is 5.11 Å². The Bertz CT molecular complexity index is 596. The third-order valence-electron chi connectivity index (χ3n) is 3.86. The fraction of sp³-hybridized carbons (Fsp3) is 0.467. The molecule has 0 atom stereocenters. The summed E-state index contributed by atoms with van der Waals surface area (Å²) in [7, 11) is 0. The molecule has 0 radical (unpaired) electrons. The van der Waals surface area contributed by atoms with Gasteiger partial charge in [-0.1, -0.05) is 18.9 Å². The van der Waals surface area contributed by atoms with Crippen LogP contribution in [0.25, 0.3) is 0 Å². The Hall–Kier alpha value is -2.02. The Balaban J connectivity index is 2.10. The largest absolute Gasteiger partial charge is 0.349 e. The van der Waals surface area contributed by atoms with Gasteiger partial charge >= 0.3 is 0 Å². The van der Waals surface area contributed by atoms with Crippen LogP contribution in [-0.2, 0) is 0 Å². The fourth-order valence-electron chi connectivity index (χ4n) is 2.58. The molecular weight excluding hydrogens is 302 g/mol. The highest BCUT2D eigenvalue weighted by atomic mass is 32.1. The number of hydrogen-bond acceptors (Lipinski definition) is 4. The average molecular weight is 321 g/mol. The van der Waals surface area contributed by atoms with Gasteiger partial charge in [0.1, 0.15) is 0 Å². The van der Waals surface area contributed by atoms with Crippen LogP contribution in [0, 0.1) is 17.0 Å². The van der Waals surface area contributed by atoms with Gasteiger partial charge in [-0.25, -0.2) is 0 Å². The predicted molar refractivity (Wildman–Crippen MR) is 87.9 cm³/mol. The van der Waals surface area contributed by atoms with E-state index in [1.165, 1.54) is 25.0 Å². The minimum atomic E-state index is -0.487. The Kier molecular flexibility index (Phi) is 5.43. The van der Waals surface area contributed by atoms with E-state index < -0.39 is 10.8 Å². The second-order valence-corrected chi connectivity index (χ2v) is 5.75. The molecule has 1 saturated heterocycles. The lowest BCUT2D eigenvalue weighted by Crippen LogP contribution is -2.43. The first kappa shape index (κ1) is 16.4. The summed E-state index contributed by atoms with van der Waals surface area (Å²) in [5.74, 6) is -0.393. The number of nitrogens with one attached hydrogen (secondary N) is 1. The van der Waals surface area contributed by atoms with E-state index in [2.05, 4.69) is 5.32 Å². The second-order valence-electron chi connectivity index (χ2n) is 5.37. The number of carbonyl (C=O) groups excluding carboxylic acids is 1. The Morgan fingerprint density at radius 2 is 1.91 bits per heavy atom. The summed E-state index contributed by atoms with van der Waals surface area (Å²) < 4.78 is 0. The van der Waals surface area contributed by atoms with Gasteiger partial charge in [0, 0.05) is 30.3 Å². The van der Waals surface area contributed by atoms with E-state index in [0.717, 1.165) is 25.9 Å². The molecule has 1 amide bonds. The van der Waals surface area contributed by atoms with Crippen LogP contribution in [-0.4, -0.2) is 33.9 Å². The van der Waals surface area contributed by atoms with Gasteiger partial charge in [0.25, 0.3) is 11.6 Å². The lowest BCUT2D eigenvalue weighted by atomic mass is 10.1. The van der Waals surface area contributed by atoms with Gasteiger partial charge in [-0.2, -0.15) is 0 Å². The highest BCUT2D eigenvalue weighted by Crippen LogP contribution is 2.21. The number of thiocarbonyl (C=S) groups is 1. The van der Waals surface area contributed by atoms with Gasteiger partial charge in [0.2, 0.25) is 0 Å². The third-order valence-corrected chi connectivity index (χ3v) is 4.22. The van der Waals surface area contributed by atoms with Crippen LogP contribution in [0.15, 0.2) is 18.2 Å². The molecule has 1 N–H and O–H groups in total. The maximum Gasteiger partial charge on any atom is 0.273 e. The summed E-state index contributed by atoms with van der Waals surface area (Å²) in [5.41, 5.74) is 0.573. The van der Waals surface area contributed by atoms with Crippen molar-refractivity contribution in [3.8, 4) is 0 Å². The summed E-state index contributed by atoms with van der Waals surface area (Å²) in [6.45, 7) is 3.25. The molecule has 2 rings (SSSR count). The first-order valence-corrected chi connectivity index (χ1v) is 7.76. The molecule has 1 aliphatic rings. The number of carbonyl (C=O) groups is 1. The number of nitrogens with zero attached hydrogens (tertiary/aromatic N) is 2. The first-order valence-electron chi connectivity index (χ1n) is 7.35. The number of nitro benzene ring substituents is 1. The Morgan fingerprint density at radius 1 is 1.27 bits per heavy atom. The molecule has 0 bridgehead atoms. The first-order chi connectivity index (χ1) is 10.5. The molecule has 0 saturated carbocycles. The Morgan fingerprint density at radius 3 is 2.50 bits per heavy atom. The number of amides is 1. The van der Waals surface area contributed by atoms with Crippen LogP contribution >= 0.6 is 12.2 Å². The van der Waals surface area contributed by atoms with E-state index >= 15 is 0 Å². The molecule has 6 nitrogen and oxygen atoms in total. The van der Waals surface area contributed by atoms with Crippen molar-refractivity contribution in [3.05, 3.63) is 39.4 Å². The van der Waals surface area contributed by atoms with Crippen molar-refractivity contribution in [2.75, 3.05) is 13.1 Å². The topological polar surface area (TPSA) is 75.5 Å². The van der Waals surface area contributed by atoms with Crippen molar-refractivity contribution in [2.24, 2.45) is 0 Å². The molecule has 7 heteroatoms. The quantitative estimate of drug-likeness (QED) is 0.515. The van der Waals surface area contributed by atoms with Gasteiger partial charge in [-0.3, -0.25) is 20.2 Å². The zero-order valence-corrected chi connectivity index (χ0v) is 13.3. The number of nitro groups is 1. The molecule has 1 heterocycles. The van der Waals surface area contributed by atoms with Crippen LogP contribution in [0.2, 0.25) is 0 Å². The number of likely N-dealkylation sites (tertiary alicyclic amines) is 1. The van der Waals surface area contributed by atoms with E-state index in [-0.39, 0.29) is 11.3 Å². The van der Waals surface area contributed by atoms with Crippen molar-refractivity contribution in [2.45, 2.75) is 32.6 Å². The van der Waals surface area contributed by atoms with Gasteiger partial charge in [-0.15, -0.1) is 0 Å². The summed E-state index contributed by atoms with van der Waals surface area (Å²) in [6, 6.07) is 4.47. The van der Waals surface area contributed by atoms with Crippen LogP contribution in [0.5, 0.6) is 0 Å². The summed E-state index contributed by atoms with van der Waals surface area (Å²) in [6.07, 6.45) is 4.48. The number of hydrogen-bond donors (Lipinski definition) is 1. The molecule has 0 unspecified atom stereocenters. The van der Waals surface area contributed by atoms with Gasteiger partial charge in [-0.05, 0) is 38.0 Å². The van der Waals surface area contributed by atoms with Crippen LogP contribution in [0.3, 0.4) is 0 Å². The van der Waals surface area contributed by atoms with Gasteiger partial charge in [0.05, 0.1) is 4.92 Å². The smallest absolute Gasteiger partial charge is 0.273 e. The molecule has 22 heavy (non-hydrogen) atoms. The van der Waals surface area contributed by atoms with Crippen molar-refractivity contribution < 1.29 is 9.72 Å². The minimum absolute atomic E-state index is 0.0617. The molecular formula is C15H19N3O3S. The zero-order valence-electron chi connectivity index (χ0n) is 12.5. The number of rotatable bonds is 2. The molecule has 118 valence electrons. The van der Waals surface area contributed by atoms with E-state index in [1.54, 1.807) is 13.0 Å². The maximum atomic E-state index is 12.3. The van der Waals surface area contributed by atoms with Crippen molar-refractivity contribution in [3.63, 3.8) is 0 Å². The SMILES string of the molecule is Cc1c(C(=O)NC(=S)N2CCCCCC2)cccc1[N+](=O)[O-]. The fourth-order valence-corrected chi connectivity index (χ4v) is 2.86. The van der Waals surface area contributed by atoms with E-state index in [0.29, 0.717) is 10.7 Å². The summed E-state index contributed by atoms with van der Waals surface area (Å²) >= 11 is 5.30. The van der Waals surface area contributed by atoms with Crippen LogP contribution < -0.4 is 5.32 Å².